The van der Waals surface area contributed by atoms with Crippen LogP contribution in [0.5, 0.6) is 5.75 Å². The number of rotatable bonds is 7. The summed E-state index contributed by atoms with van der Waals surface area (Å²) in [4.78, 5) is 30.9. The molecule has 4 rings (SSSR count). The molecular weight excluding hydrogens is 450 g/mol. The Balaban J connectivity index is 1.40. The first-order valence-corrected chi connectivity index (χ1v) is 11.1. The maximum absolute atomic E-state index is 12.8. The molecule has 1 aliphatic heterocycles. The maximum atomic E-state index is 12.8. The molecule has 0 unspecified atom stereocenters. The molecule has 0 bridgehead atoms. The number of aromatic nitrogens is 1. The van der Waals surface area contributed by atoms with E-state index in [1.54, 1.807) is 11.0 Å². The number of piperazine rings is 1. The summed E-state index contributed by atoms with van der Waals surface area (Å²) < 4.78 is 11.3. The van der Waals surface area contributed by atoms with Crippen molar-refractivity contribution in [2.24, 2.45) is 0 Å². The highest BCUT2D eigenvalue weighted by Crippen LogP contribution is 2.25. The third-order valence-corrected chi connectivity index (χ3v) is 5.52. The number of hydrogen-bond acceptors (Lipinski definition) is 8. The van der Waals surface area contributed by atoms with Gasteiger partial charge in [0.15, 0.2) is 0 Å². The second kappa shape index (κ2) is 10.5. The van der Waals surface area contributed by atoms with E-state index in [9.17, 15) is 20.2 Å². The molecular formula is C25H23N5O5. The Labute approximate surface area is 201 Å². The van der Waals surface area contributed by atoms with Crippen LogP contribution in [0.3, 0.4) is 0 Å². The van der Waals surface area contributed by atoms with Gasteiger partial charge in [0.25, 0.3) is 11.6 Å². The van der Waals surface area contributed by atoms with Crippen LogP contribution in [0.1, 0.15) is 34.4 Å². The van der Waals surface area contributed by atoms with E-state index < -0.39 is 4.92 Å². The number of anilines is 1. The van der Waals surface area contributed by atoms with Crippen LogP contribution in [0.25, 0.3) is 12.2 Å². The van der Waals surface area contributed by atoms with E-state index >= 15 is 0 Å². The van der Waals surface area contributed by atoms with E-state index in [-0.39, 0.29) is 17.3 Å². The number of carbonyl (C=O) groups excluding carboxylic acids is 1. The lowest BCUT2D eigenvalue weighted by atomic mass is 10.1. The monoisotopic (exact) mass is 473 g/mol. The molecule has 1 saturated heterocycles. The van der Waals surface area contributed by atoms with E-state index in [0.29, 0.717) is 50.1 Å². The second-order valence-electron chi connectivity index (χ2n) is 7.74. The predicted molar refractivity (Wildman–Crippen MR) is 129 cm³/mol. The smallest absolute Gasteiger partial charge is 0.269 e. The summed E-state index contributed by atoms with van der Waals surface area (Å²) >= 11 is 0. The number of non-ortho nitro benzene ring substituents is 1. The first-order valence-electron chi connectivity index (χ1n) is 11.1. The molecule has 0 saturated carbocycles. The Hall–Kier alpha value is -4.65. The van der Waals surface area contributed by atoms with Crippen molar-refractivity contribution in [2.45, 2.75) is 6.92 Å². The molecule has 10 heteroatoms. The Morgan fingerprint density at radius 1 is 1.14 bits per heavy atom. The SMILES string of the molecule is CCOc1ccc(/C=C/c2nc(C#N)c(N3CCN(C(=O)c4ccc([N+](=O)[O-])cc4)CC3)o2)cc1. The number of hydrogen-bond donors (Lipinski definition) is 0. The van der Waals surface area contributed by atoms with Crippen molar-refractivity contribution in [1.82, 2.24) is 9.88 Å². The van der Waals surface area contributed by atoms with E-state index in [0.717, 1.165) is 11.3 Å². The van der Waals surface area contributed by atoms with Gasteiger partial charge in [0.2, 0.25) is 17.5 Å². The minimum atomic E-state index is -0.501. The summed E-state index contributed by atoms with van der Waals surface area (Å²) in [6.45, 7) is 4.29. The molecule has 3 aromatic rings. The molecule has 178 valence electrons. The van der Waals surface area contributed by atoms with Crippen molar-refractivity contribution in [3.8, 4) is 11.8 Å². The number of oxazole rings is 1. The number of ether oxygens (including phenoxy) is 1. The summed E-state index contributed by atoms with van der Waals surface area (Å²) in [5.74, 6) is 1.29. The van der Waals surface area contributed by atoms with Crippen LogP contribution in [-0.4, -0.2) is 53.5 Å². The molecule has 1 amide bonds. The largest absolute Gasteiger partial charge is 0.494 e. The minimum Gasteiger partial charge on any atom is -0.494 e. The zero-order chi connectivity index (χ0) is 24.8. The summed E-state index contributed by atoms with van der Waals surface area (Å²) in [6, 6.07) is 15.2. The molecule has 0 spiro atoms. The Morgan fingerprint density at radius 2 is 1.83 bits per heavy atom. The number of nitro benzene ring substituents is 1. The highest BCUT2D eigenvalue weighted by molar-refractivity contribution is 5.94. The molecule has 0 radical (unpaired) electrons. The van der Waals surface area contributed by atoms with Gasteiger partial charge in [-0.3, -0.25) is 14.9 Å². The molecule has 35 heavy (non-hydrogen) atoms. The molecule has 1 fully saturated rings. The lowest BCUT2D eigenvalue weighted by Gasteiger charge is -2.34. The number of amides is 1. The summed E-state index contributed by atoms with van der Waals surface area (Å²) in [5.41, 5.74) is 1.45. The van der Waals surface area contributed by atoms with Crippen molar-refractivity contribution < 1.29 is 18.9 Å². The van der Waals surface area contributed by atoms with Crippen molar-refractivity contribution in [2.75, 3.05) is 37.7 Å². The van der Waals surface area contributed by atoms with Crippen molar-refractivity contribution in [3.63, 3.8) is 0 Å². The highest BCUT2D eigenvalue weighted by Gasteiger charge is 2.26. The van der Waals surface area contributed by atoms with Gasteiger partial charge in [0, 0.05) is 50.0 Å². The molecule has 0 N–H and O–H groups in total. The average Bonchev–Trinajstić information content (AvgIpc) is 3.31. The number of benzene rings is 2. The van der Waals surface area contributed by atoms with Crippen LogP contribution in [0, 0.1) is 21.4 Å². The quantitative estimate of drug-likeness (QED) is 0.372. The van der Waals surface area contributed by atoms with Gasteiger partial charge in [0.1, 0.15) is 11.8 Å². The third-order valence-electron chi connectivity index (χ3n) is 5.52. The van der Waals surface area contributed by atoms with Crippen LogP contribution in [0.2, 0.25) is 0 Å². The molecule has 10 nitrogen and oxygen atoms in total. The average molecular weight is 473 g/mol. The van der Waals surface area contributed by atoms with Crippen molar-refractivity contribution in [1.29, 1.82) is 5.26 Å². The van der Waals surface area contributed by atoms with Gasteiger partial charge in [-0.2, -0.15) is 10.2 Å². The van der Waals surface area contributed by atoms with Crippen LogP contribution in [-0.2, 0) is 0 Å². The minimum absolute atomic E-state index is 0.0619. The van der Waals surface area contributed by atoms with Gasteiger partial charge < -0.3 is 19.0 Å². The van der Waals surface area contributed by atoms with Crippen LogP contribution >= 0.6 is 0 Å². The first kappa shape index (κ1) is 23.5. The van der Waals surface area contributed by atoms with Crippen molar-refractivity contribution >= 4 is 29.6 Å². The summed E-state index contributed by atoms with van der Waals surface area (Å²) in [7, 11) is 0. The summed E-state index contributed by atoms with van der Waals surface area (Å²) in [5, 5.41) is 20.3. The number of nitrogens with zero attached hydrogens (tertiary/aromatic N) is 5. The molecule has 1 aliphatic rings. The van der Waals surface area contributed by atoms with Crippen LogP contribution in [0.15, 0.2) is 52.9 Å². The fraction of sp³-hybridized carbons (Fsp3) is 0.240. The van der Waals surface area contributed by atoms with Gasteiger partial charge in [-0.25, -0.2) is 0 Å². The lowest BCUT2D eigenvalue weighted by Crippen LogP contribution is -2.48. The van der Waals surface area contributed by atoms with Crippen LogP contribution < -0.4 is 9.64 Å². The normalized spacial score (nSPS) is 13.6. The van der Waals surface area contributed by atoms with E-state index in [2.05, 4.69) is 11.1 Å². The van der Waals surface area contributed by atoms with Gasteiger partial charge in [-0.05, 0) is 42.8 Å². The van der Waals surface area contributed by atoms with Crippen molar-refractivity contribution in [3.05, 3.63) is 81.4 Å². The second-order valence-corrected chi connectivity index (χ2v) is 7.74. The van der Waals surface area contributed by atoms with E-state index in [1.165, 1.54) is 24.3 Å². The molecule has 0 atom stereocenters. The van der Waals surface area contributed by atoms with Gasteiger partial charge in [-0.15, -0.1) is 0 Å². The zero-order valence-corrected chi connectivity index (χ0v) is 19.1. The Kier molecular flexibility index (Phi) is 7.07. The number of carbonyl (C=O) groups is 1. The van der Waals surface area contributed by atoms with Crippen LogP contribution in [0.4, 0.5) is 11.6 Å². The summed E-state index contributed by atoms with van der Waals surface area (Å²) in [6.07, 6.45) is 3.54. The van der Waals surface area contributed by atoms with Gasteiger partial charge >= 0.3 is 0 Å². The number of nitriles is 1. The molecule has 0 aliphatic carbocycles. The highest BCUT2D eigenvalue weighted by atomic mass is 16.6. The van der Waals surface area contributed by atoms with E-state index in [4.69, 9.17) is 9.15 Å². The Morgan fingerprint density at radius 3 is 2.43 bits per heavy atom. The topological polar surface area (TPSA) is 126 Å². The molecule has 2 aromatic carbocycles. The predicted octanol–water partition coefficient (Wildman–Crippen LogP) is 3.99. The standard InChI is InChI=1S/C25H23N5O5/c1-2-34-21-10-3-18(4-11-21)5-12-23-27-22(17-26)25(35-23)29-15-13-28(14-16-29)24(31)19-6-8-20(9-7-19)30(32)33/h3-12H,2,13-16H2,1H3/b12-5+. The maximum Gasteiger partial charge on any atom is 0.269 e. The zero-order valence-electron chi connectivity index (χ0n) is 19.1. The van der Waals surface area contributed by atoms with Gasteiger partial charge in [0.05, 0.1) is 11.5 Å². The van der Waals surface area contributed by atoms with E-state index in [1.807, 2.05) is 42.2 Å². The molecule has 1 aromatic heterocycles. The Bertz CT molecular complexity index is 1270. The fourth-order valence-electron chi connectivity index (χ4n) is 3.72. The number of nitro groups is 1. The fourth-order valence-corrected chi connectivity index (χ4v) is 3.72. The molecule has 2 heterocycles. The van der Waals surface area contributed by atoms with Gasteiger partial charge in [-0.1, -0.05) is 12.1 Å². The third kappa shape index (κ3) is 5.47. The lowest BCUT2D eigenvalue weighted by molar-refractivity contribution is -0.384. The first-order chi connectivity index (χ1) is 17.0.